The molecule has 0 atom stereocenters. The highest BCUT2D eigenvalue weighted by molar-refractivity contribution is 7.89. The SMILES string of the molecule is Cc1ccccc1OC(=O)CNS(=O)(=O)c1ccc2c(c1)OCCO2. The number of benzene rings is 2. The average molecular weight is 363 g/mol. The van der Waals surface area contributed by atoms with Crippen LogP contribution in [0.2, 0.25) is 0 Å². The van der Waals surface area contributed by atoms with Crippen LogP contribution in [0.1, 0.15) is 5.56 Å². The molecule has 2 aromatic carbocycles. The van der Waals surface area contributed by atoms with Gasteiger partial charge in [-0.15, -0.1) is 0 Å². The number of aryl methyl sites for hydroxylation is 1. The Morgan fingerprint density at radius 2 is 1.84 bits per heavy atom. The van der Waals surface area contributed by atoms with Crippen molar-refractivity contribution in [2.75, 3.05) is 19.8 Å². The first kappa shape index (κ1) is 17.2. The number of hydrogen-bond acceptors (Lipinski definition) is 6. The summed E-state index contributed by atoms with van der Waals surface area (Å²) in [5, 5.41) is 0. The van der Waals surface area contributed by atoms with Crippen LogP contribution in [0.5, 0.6) is 17.2 Å². The standard InChI is InChI=1S/C17H17NO6S/c1-12-4-2-3-5-14(12)24-17(19)11-18-25(20,21)13-6-7-15-16(10-13)23-9-8-22-15/h2-7,10,18H,8-9,11H2,1H3. The van der Waals surface area contributed by atoms with Crippen molar-refractivity contribution in [3.05, 3.63) is 48.0 Å². The van der Waals surface area contributed by atoms with E-state index < -0.39 is 22.5 Å². The summed E-state index contributed by atoms with van der Waals surface area (Å²) in [6, 6.07) is 11.3. The number of nitrogens with one attached hydrogen (secondary N) is 1. The van der Waals surface area contributed by atoms with Gasteiger partial charge in [0.2, 0.25) is 10.0 Å². The van der Waals surface area contributed by atoms with E-state index in [1.807, 2.05) is 6.07 Å². The van der Waals surface area contributed by atoms with Crippen LogP contribution in [0.25, 0.3) is 0 Å². The summed E-state index contributed by atoms with van der Waals surface area (Å²) in [6.07, 6.45) is 0. The molecule has 0 spiro atoms. The highest BCUT2D eigenvalue weighted by Crippen LogP contribution is 2.32. The van der Waals surface area contributed by atoms with Crippen LogP contribution >= 0.6 is 0 Å². The van der Waals surface area contributed by atoms with Crippen molar-refractivity contribution in [1.29, 1.82) is 0 Å². The van der Waals surface area contributed by atoms with Crippen LogP contribution in [0, 0.1) is 6.92 Å². The Morgan fingerprint density at radius 1 is 1.12 bits per heavy atom. The molecule has 0 amide bonds. The van der Waals surface area contributed by atoms with E-state index in [0.29, 0.717) is 30.5 Å². The van der Waals surface area contributed by atoms with Crippen LogP contribution in [0.3, 0.4) is 0 Å². The minimum atomic E-state index is -3.88. The summed E-state index contributed by atoms with van der Waals surface area (Å²) in [7, 11) is -3.88. The Morgan fingerprint density at radius 3 is 2.60 bits per heavy atom. The summed E-state index contributed by atoms with van der Waals surface area (Å²) < 4.78 is 42.8. The van der Waals surface area contributed by atoms with Crippen LogP contribution in [-0.2, 0) is 14.8 Å². The van der Waals surface area contributed by atoms with Crippen molar-refractivity contribution in [3.63, 3.8) is 0 Å². The Kier molecular flexibility index (Phi) is 4.91. The zero-order valence-electron chi connectivity index (χ0n) is 13.5. The smallest absolute Gasteiger partial charge is 0.326 e. The Labute approximate surface area is 145 Å². The minimum absolute atomic E-state index is 0.0135. The van der Waals surface area contributed by atoms with Crippen molar-refractivity contribution >= 4 is 16.0 Å². The lowest BCUT2D eigenvalue weighted by Gasteiger charge is -2.18. The fourth-order valence-corrected chi connectivity index (χ4v) is 3.24. The zero-order chi connectivity index (χ0) is 17.9. The molecule has 0 radical (unpaired) electrons. The highest BCUT2D eigenvalue weighted by atomic mass is 32.2. The molecule has 0 aliphatic carbocycles. The molecule has 0 saturated heterocycles. The number of carbonyl (C=O) groups excluding carboxylic acids is 1. The number of ether oxygens (including phenoxy) is 3. The molecule has 3 rings (SSSR count). The molecule has 0 fully saturated rings. The van der Waals surface area contributed by atoms with Crippen molar-refractivity contribution < 1.29 is 27.4 Å². The van der Waals surface area contributed by atoms with Gasteiger partial charge in [0.15, 0.2) is 11.5 Å². The topological polar surface area (TPSA) is 90.9 Å². The number of hydrogen-bond donors (Lipinski definition) is 1. The van der Waals surface area contributed by atoms with Crippen LogP contribution in [0.15, 0.2) is 47.4 Å². The lowest BCUT2D eigenvalue weighted by Crippen LogP contribution is -2.32. The van der Waals surface area contributed by atoms with E-state index in [-0.39, 0.29) is 4.90 Å². The van der Waals surface area contributed by atoms with Gasteiger partial charge in [-0.3, -0.25) is 4.79 Å². The van der Waals surface area contributed by atoms with Crippen LogP contribution in [-0.4, -0.2) is 34.1 Å². The molecule has 0 unspecified atom stereocenters. The van der Waals surface area contributed by atoms with Crippen molar-refractivity contribution in [2.45, 2.75) is 11.8 Å². The first-order valence-corrected chi connectivity index (χ1v) is 9.10. The summed E-state index contributed by atoms with van der Waals surface area (Å²) in [6.45, 7) is 2.09. The second kappa shape index (κ2) is 7.12. The maximum absolute atomic E-state index is 12.3. The molecular formula is C17H17NO6S. The maximum atomic E-state index is 12.3. The summed E-state index contributed by atoms with van der Waals surface area (Å²) >= 11 is 0. The van der Waals surface area contributed by atoms with Gasteiger partial charge >= 0.3 is 5.97 Å². The number of rotatable bonds is 5. The predicted molar refractivity (Wildman–Crippen MR) is 89.4 cm³/mol. The molecule has 25 heavy (non-hydrogen) atoms. The van der Waals surface area contributed by atoms with Gasteiger partial charge in [-0.2, -0.15) is 4.72 Å². The second-order valence-corrected chi connectivity index (χ2v) is 7.14. The number of sulfonamides is 1. The van der Waals surface area contributed by atoms with E-state index in [0.717, 1.165) is 5.56 Å². The summed E-state index contributed by atoms with van der Waals surface area (Å²) in [5.41, 5.74) is 0.783. The first-order chi connectivity index (χ1) is 12.0. The molecule has 7 nitrogen and oxygen atoms in total. The third-order valence-corrected chi connectivity index (χ3v) is 4.95. The number of fused-ring (bicyclic) bond motifs is 1. The molecule has 1 heterocycles. The van der Waals surface area contributed by atoms with Gasteiger partial charge < -0.3 is 14.2 Å². The summed E-state index contributed by atoms with van der Waals surface area (Å²) in [4.78, 5) is 11.9. The number of para-hydroxylation sites is 1. The maximum Gasteiger partial charge on any atom is 0.326 e. The third-order valence-electron chi connectivity index (χ3n) is 3.55. The monoisotopic (exact) mass is 363 g/mol. The van der Waals surface area contributed by atoms with Crippen molar-refractivity contribution in [2.24, 2.45) is 0 Å². The lowest BCUT2D eigenvalue weighted by atomic mass is 10.2. The summed E-state index contributed by atoms with van der Waals surface area (Å²) in [5.74, 6) is 0.544. The molecule has 1 aliphatic rings. The quantitative estimate of drug-likeness (QED) is 0.642. The average Bonchev–Trinajstić information content (AvgIpc) is 2.62. The predicted octanol–water partition coefficient (Wildman–Crippen LogP) is 1.65. The number of carbonyl (C=O) groups is 1. The molecule has 0 bridgehead atoms. The molecule has 2 aromatic rings. The highest BCUT2D eigenvalue weighted by Gasteiger charge is 2.20. The lowest BCUT2D eigenvalue weighted by molar-refractivity contribution is -0.133. The van der Waals surface area contributed by atoms with Crippen LogP contribution in [0.4, 0.5) is 0 Å². The van der Waals surface area contributed by atoms with E-state index in [1.54, 1.807) is 25.1 Å². The molecule has 1 aliphatic heterocycles. The van der Waals surface area contributed by atoms with E-state index in [1.165, 1.54) is 18.2 Å². The molecule has 8 heteroatoms. The molecule has 0 aromatic heterocycles. The van der Waals surface area contributed by atoms with E-state index in [4.69, 9.17) is 14.2 Å². The number of esters is 1. The fraction of sp³-hybridized carbons (Fsp3) is 0.235. The van der Waals surface area contributed by atoms with Crippen molar-refractivity contribution in [1.82, 2.24) is 4.72 Å². The van der Waals surface area contributed by atoms with Gasteiger partial charge in [-0.05, 0) is 30.7 Å². The van der Waals surface area contributed by atoms with Gasteiger partial charge in [-0.1, -0.05) is 18.2 Å². The largest absolute Gasteiger partial charge is 0.486 e. The first-order valence-electron chi connectivity index (χ1n) is 7.61. The zero-order valence-corrected chi connectivity index (χ0v) is 14.3. The minimum Gasteiger partial charge on any atom is -0.486 e. The molecule has 1 N–H and O–H groups in total. The van der Waals surface area contributed by atoms with Crippen LogP contribution < -0.4 is 18.9 Å². The van der Waals surface area contributed by atoms with E-state index in [9.17, 15) is 13.2 Å². The third kappa shape index (κ3) is 4.09. The Bertz CT molecular complexity index is 894. The van der Waals surface area contributed by atoms with Gasteiger partial charge in [0.05, 0.1) is 4.90 Å². The van der Waals surface area contributed by atoms with Gasteiger partial charge in [0, 0.05) is 6.07 Å². The fourth-order valence-electron chi connectivity index (χ4n) is 2.26. The van der Waals surface area contributed by atoms with Gasteiger partial charge in [0.25, 0.3) is 0 Å². The molecular weight excluding hydrogens is 346 g/mol. The Balaban J connectivity index is 1.65. The van der Waals surface area contributed by atoms with Gasteiger partial charge in [-0.25, -0.2) is 8.42 Å². The Hall–Kier alpha value is -2.58. The molecule has 132 valence electrons. The van der Waals surface area contributed by atoms with E-state index >= 15 is 0 Å². The van der Waals surface area contributed by atoms with Gasteiger partial charge in [0.1, 0.15) is 25.5 Å². The molecule has 0 saturated carbocycles. The van der Waals surface area contributed by atoms with Crippen molar-refractivity contribution in [3.8, 4) is 17.2 Å². The normalized spacial score (nSPS) is 13.3. The van der Waals surface area contributed by atoms with E-state index in [2.05, 4.69) is 4.72 Å². The second-order valence-electron chi connectivity index (χ2n) is 5.37.